The fourth-order valence-corrected chi connectivity index (χ4v) is 3.08. The minimum atomic E-state index is 0.0342. The molecule has 1 aromatic heterocycles. The van der Waals surface area contributed by atoms with Gasteiger partial charge in [-0.1, -0.05) is 6.92 Å². The fraction of sp³-hybridized carbons (Fsp3) is 0.688. The molecule has 21 heavy (non-hydrogen) atoms. The molecule has 2 atom stereocenters. The maximum absolute atomic E-state index is 12.0. The fourth-order valence-electron chi connectivity index (χ4n) is 3.08. The van der Waals surface area contributed by atoms with Crippen LogP contribution in [0.4, 0.5) is 0 Å². The van der Waals surface area contributed by atoms with Crippen LogP contribution in [-0.4, -0.2) is 36.8 Å². The van der Waals surface area contributed by atoms with Gasteiger partial charge in [0, 0.05) is 31.6 Å². The summed E-state index contributed by atoms with van der Waals surface area (Å²) in [5.41, 5.74) is 2.74. The highest BCUT2D eigenvalue weighted by Gasteiger charge is 2.21. The van der Waals surface area contributed by atoms with Crippen molar-refractivity contribution in [2.75, 3.05) is 20.3 Å². The molecule has 2 rings (SSSR count). The van der Waals surface area contributed by atoms with Crippen molar-refractivity contribution in [3.8, 4) is 0 Å². The zero-order chi connectivity index (χ0) is 15.2. The van der Waals surface area contributed by atoms with Crippen LogP contribution in [0.1, 0.15) is 43.9 Å². The van der Waals surface area contributed by atoms with Gasteiger partial charge >= 0.3 is 0 Å². The van der Waals surface area contributed by atoms with Gasteiger partial charge in [-0.2, -0.15) is 0 Å². The molecule has 0 saturated carbocycles. The van der Waals surface area contributed by atoms with Crippen LogP contribution < -0.4 is 10.6 Å². The van der Waals surface area contributed by atoms with Crippen LogP contribution in [0.2, 0.25) is 0 Å². The van der Waals surface area contributed by atoms with Crippen molar-refractivity contribution in [3.63, 3.8) is 0 Å². The monoisotopic (exact) mass is 293 g/mol. The van der Waals surface area contributed by atoms with E-state index in [0.29, 0.717) is 19.2 Å². The third-order valence-electron chi connectivity index (χ3n) is 3.91. The molecule has 1 aliphatic rings. The van der Waals surface area contributed by atoms with Gasteiger partial charge in [0.25, 0.3) is 0 Å². The Morgan fingerprint density at radius 1 is 1.52 bits per heavy atom. The maximum atomic E-state index is 12.0. The average molecular weight is 293 g/mol. The quantitative estimate of drug-likeness (QED) is 0.803. The summed E-state index contributed by atoms with van der Waals surface area (Å²) in [7, 11) is 1.64. The van der Waals surface area contributed by atoms with Crippen LogP contribution in [0.3, 0.4) is 0 Å². The molecule has 5 heteroatoms. The number of hydrogen-bond donors (Lipinski definition) is 2. The number of aromatic nitrogens is 1. The topological polar surface area (TPSA) is 55.3 Å². The zero-order valence-electron chi connectivity index (χ0n) is 13.3. The highest BCUT2D eigenvalue weighted by molar-refractivity contribution is 5.76. The number of aryl methyl sites for hydroxylation is 1. The van der Waals surface area contributed by atoms with Crippen molar-refractivity contribution in [2.24, 2.45) is 0 Å². The van der Waals surface area contributed by atoms with E-state index in [1.807, 2.05) is 11.5 Å². The molecule has 1 aromatic rings. The third kappa shape index (κ3) is 4.32. The second-order valence-corrected chi connectivity index (χ2v) is 5.84. The Kier molecular flexibility index (Phi) is 5.82. The Labute approximate surface area is 127 Å². The van der Waals surface area contributed by atoms with Crippen LogP contribution in [0.15, 0.2) is 12.4 Å². The van der Waals surface area contributed by atoms with Gasteiger partial charge in [0.05, 0.1) is 6.61 Å². The molecule has 0 bridgehead atoms. The average Bonchev–Trinajstić information content (AvgIpc) is 2.82. The minimum Gasteiger partial charge on any atom is -0.383 e. The molecule has 1 heterocycles. The number of amides is 1. The minimum absolute atomic E-state index is 0.0342. The van der Waals surface area contributed by atoms with Gasteiger partial charge in [0.2, 0.25) is 5.91 Å². The molecule has 2 N–H and O–H groups in total. The Morgan fingerprint density at radius 3 is 3.05 bits per heavy atom. The molecule has 1 aliphatic carbocycles. The van der Waals surface area contributed by atoms with E-state index in [0.717, 1.165) is 13.0 Å². The summed E-state index contributed by atoms with van der Waals surface area (Å²) >= 11 is 0. The van der Waals surface area contributed by atoms with E-state index in [1.165, 1.54) is 24.0 Å². The summed E-state index contributed by atoms with van der Waals surface area (Å²) in [5, 5.41) is 6.47. The number of carbonyl (C=O) groups excluding carboxylic acids is 1. The van der Waals surface area contributed by atoms with E-state index in [4.69, 9.17) is 4.74 Å². The van der Waals surface area contributed by atoms with Crippen molar-refractivity contribution in [2.45, 2.75) is 51.7 Å². The lowest BCUT2D eigenvalue weighted by molar-refractivity contribution is -0.122. The number of methoxy groups -OCH3 is 1. The molecule has 2 unspecified atom stereocenters. The lowest BCUT2D eigenvalue weighted by Crippen LogP contribution is -2.37. The largest absolute Gasteiger partial charge is 0.383 e. The smallest absolute Gasteiger partial charge is 0.240 e. The standard InChI is InChI=1S/C16H27N3O2/c1-4-17-15-7-5-6-13-8-19(9-14(13)15)10-16(20)18-12(2)11-21-3/h8-9,12,15,17H,4-7,10-11H2,1-3H3,(H,18,20). The SMILES string of the molecule is CCNC1CCCc2cn(CC(=O)NC(C)COC)cc21. The van der Waals surface area contributed by atoms with E-state index < -0.39 is 0 Å². The number of carbonyl (C=O) groups is 1. The highest BCUT2D eigenvalue weighted by Crippen LogP contribution is 2.30. The van der Waals surface area contributed by atoms with E-state index in [2.05, 4.69) is 30.0 Å². The Balaban J connectivity index is 1.97. The first-order valence-corrected chi connectivity index (χ1v) is 7.84. The van der Waals surface area contributed by atoms with Crippen molar-refractivity contribution in [3.05, 3.63) is 23.5 Å². The number of rotatable bonds is 7. The van der Waals surface area contributed by atoms with Gasteiger partial charge in [0.15, 0.2) is 0 Å². The van der Waals surface area contributed by atoms with Crippen LogP contribution >= 0.6 is 0 Å². The van der Waals surface area contributed by atoms with E-state index in [9.17, 15) is 4.79 Å². The first kappa shape index (κ1) is 16.0. The summed E-state index contributed by atoms with van der Waals surface area (Å²) < 4.78 is 7.04. The van der Waals surface area contributed by atoms with Crippen molar-refractivity contribution < 1.29 is 9.53 Å². The Morgan fingerprint density at radius 2 is 2.33 bits per heavy atom. The van der Waals surface area contributed by atoms with Crippen LogP contribution in [-0.2, 0) is 22.5 Å². The molecule has 118 valence electrons. The van der Waals surface area contributed by atoms with Gasteiger partial charge in [-0.05, 0) is 43.9 Å². The van der Waals surface area contributed by atoms with E-state index >= 15 is 0 Å². The van der Waals surface area contributed by atoms with Crippen molar-refractivity contribution >= 4 is 5.91 Å². The molecular formula is C16H27N3O2. The van der Waals surface area contributed by atoms with E-state index in [-0.39, 0.29) is 11.9 Å². The third-order valence-corrected chi connectivity index (χ3v) is 3.91. The first-order valence-electron chi connectivity index (χ1n) is 7.84. The predicted molar refractivity (Wildman–Crippen MR) is 83.3 cm³/mol. The molecule has 5 nitrogen and oxygen atoms in total. The molecule has 1 amide bonds. The second kappa shape index (κ2) is 7.61. The number of nitrogens with one attached hydrogen (secondary N) is 2. The Bertz CT molecular complexity index is 470. The highest BCUT2D eigenvalue weighted by atomic mass is 16.5. The lowest BCUT2D eigenvalue weighted by atomic mass is 9.91. The lowest BCUT2D eigenvalue weighted by Gasteiger charge is -2.22. The maximum Gasteiger partial charge on any atom is 0.240 e. The second-order valence-electron chi connectivity index (χ2n) is 5.84. The van der Waals surface area contributed by atoms with Crippen LogP contribution in [0.5, 0.6) is 0 Å². The molecule has 0 fully saturated rings. The molecule has 0 saturated heterocycles. The number of fused-ring (bicyclic) bond motifs is 1. The normalized spacial score (nSPS) is 19.1. The van der Waals surface area contributed by atoms with E-state index in [1.54, 1.807) is 7.11 Å². The summed E-state index contributed by atoms with van der Waals surface area (Å²) in [4.78, 5) is 12.0. The van der Waals surface area contributed by atoms with Gasteiger partial charge < -0.3 is 19.9 Å². The zero-order valence-corrected chi connectivity index (χ0v) is 13.3. The molecule has 0 radical (unpaired) electrons. The first-order chi connectivity index (χ1) is 10.1. The van der Waals surface area contributed by atoms with Crippen LogP contribution in [0.25, 0.3) is 0 Å². The molecule has 0 aromatic carbocycles. The van der Waals surface area contributed by atoms with Crippen LogP contribution in [0, 0.1) is 0 Å². The van der Waals surface area contributed by atoms with Crippen molar-refractivity contribution in [1.29, 1.82) is 0 Å². The summed E-state index contributed by atoms with van der Waals surface area (Å²) in [5.74, 6) is 0.0342. The van der Waals surface area contributed by atoms with Gasteiger partial charge in [-0.15, -0.1) is 0 Å². The van der Waals surface area contributed by atoms with Crippen molar-refractivity contribution in [1.82, 2.24) is 15.2 Å². The molecule has 0 spiro atoms. The number of ether oxygens (including phenoxy) is 1. The number of hydrogen-bond acceptors (Lipinski definition) is 3. The summed E-state index contributed by atoms with van der Waals surface area (Å²) in [6.07, 6.45) is 7.77. The van der Waals surface area contributed by atoms with Gasteiger partial charge in [-0.25, -0.2) is 0 Å². The molecular weight excluding hydrogens is 266 g/mol. The Hall–Kier alpha value is -1.33. The van der Waals surface area contributed by atoms with Gasteiger partial charge in [-0.3, -0.25) is 4.79 Å². The van der Waals surface area contributed by atoms with Gasteiger partial charge in [0.1, 0.15) is 6.54 Å². The summed E-state index contributed by atoms with van der Waals surface area (Å²) in [6.45, 7) is 5.97. The molecule has 0 aliphatic heterocycles. The predicted octanol–water partition coefficient (Wildman–Crippen LogP) is 1.63. The number of nitrogens with zero attached hydrogens (tertiary/aromatic N) is 1. The summed E-state index contributed by atoms with van der Waals surface area (Å²) in [6, 6.07) is 0.484.